The van der Waals surface area contributed by atoms with Crippen LogP contribution in [0.5, 0.6) is 0 Å². The topological polar surface area (TPSA) is 17.0 Å². The van der Waals surface area contributed by atoms with Gasteiger partial charge in [-0.25, -0.2) is 0 Å². The van der Waals surface area contributed by atoms with Gasteiger partial charge < -0.3 is 9.88 Å². The van der Waals surface area contributed by atoms with E-state index in [1.54, 1.807) is 0 Å². The van der Waals surface area contributed by atoms with Crippen LogP contribution in [-0.4, -0.2) is 11.1 Å². The highest BCUT2D eigenvalue weighted by Gasteiger charge is 2.05. The molecule has 0 spiro atoms. The number of hydrogen-bond donors (Lipinski definition) is 1. The van der Waals surface area contributed by atoms with Crippen molar-refractivity contribution in [3.05, 3.63) is 71.9 Å². The first kappa shape index (κ1) is 13.9. The molecule has 1 N–H and O–H groups in total. The van der Waals surface area contributed by atoms with E-state index in [0.717, 1.165) is 19.6 Å². The highest BCUT2D eigenvalue weighted by atomic mass is 15.0. The molecule has 0 fully saturated rings. The highest BCUT2D eigenvalue weighted by Crippen LogP contribution is 2.21. The maximum Gasteiger partial charge on any atom is 0.0486 e. The van der Waals surface area contributed by atoms with Gasteiger partial charge >= 0.3 is 0 Å². The third kappa shape index (κ3) is 3.17. The molecular weight excluding hydrogens is 256 g/mol. The molecule has 0 saturated carbocycles. The van der Waals surface area contributed by atoms with Crippen LogP contribution in [0.25, 0.3) is 10.9 Å². The molecule has 3 aromatic rings. The smallest absolute Gasteiger partial charge is 0.0486 e. The van der Waals surface area contributed by atoms with Crippen molar-refractivity contribution >= 4 is 10.9 Å². The molecule has 0 unspecified atom stereocenters. The van der Waals surface area contributed by atoms with Crippen LogP contribution >= 0.6 is 0 Å². The molecule has 1 heterocycles. The number of nitrogens with one attached hydrogen (secondary N) is 1. The lowest BCUT2D eigenvalue weighted by atomic mass is 10.1. The largest absolute Gasteiger partial charge is 0.343 e. The Hall–Kier alpha value is -2.06. The Labute approximate surface area is 126 Å². The van der Waals surface area contributed by atoms with Crippen molar-refractivity contribution in [2.75, 3.05) is 6.54 Å². The summed E-state index contributed by atoms with van der Waals surface area (Å²) >= 11 is 0. The average molecular weight is 278 g/mol. The van der Waals surface area contributed by atoms with Gasteiger partial charge in [0, 0.05) is 30.2 Å². The van der Waals surface area contributed by atoms with Gasteiger partial charge in [-0.2, -0.15) is 0 Å². The molecule has 2 aromatic carbocycles. The minimum atomic E-state index is 0.927. The lowest BCUT2D eigenvalue weighted by molar-refractivity contribution is 0.678. The van der Waals surface area contributed by atoms with Crippen LogP contribution in [-0.2, 0) is 13.1 Å². The molecule has 21 heavy (non-hydrogen) atoms. The molecule has 0 bridgehead atoms. The van der Waals surface area contributed by atoms with Crippen molar-refractivity contribution < 1.29 is 0 Å². The first-order valence-electron chi connectivity index (χ1n) is 7.70. The number of hydrogen-bond acceptors (Lipinski definition) is 1. The number of nitrogens with zero attached hydrogens (tertiary/aromatic N) is 1. The summed E-state index contributed by atoms with van der Waals surface area (Å²) in [5.74, 6) is 0. The molecule has 0 atom stereocenters. The fraction of sp³-hybridized carbons (Fsp3) is 0.263. The minimum Gasteiger partial charge on any atom is -0.343 e. The maximum absolute atomic E-state index is 3.49. The minimum absolute atomic E-state index is 0.927. The van der Waals surface area contributed by atoms with Gasteiger partial charge in [-0.15, -0.1) is 0 Å². The number of rotatable bonds is 6. The molecule has 0 amide bonds. The average Bonchev–Trinajstić information content (AvgIpc) is 2.93. The second-order valence-corrected chi connectivity index (χ2v) is 5.46. The normalized spacial score (nSPS) is 11.1. The lowest BCUT2D eigenvalue weighted by Gasteiger charge is -2.08. The highest BCUT2D eigenvalue weighted by molar-refractivity contribution is 5.83. The molecule has 0 aliphatic carbocycles. The van der Waals surface area contributed by atoms with Crippen LogP contribution in [0.3, 0.4) is 0 Å². The summed E-state index contributed by atoms with van der Waals surface area (Å²) < 4.78 is 2.33. The van der Waals surface area contributed by atoms with Crippen molar-refractivity contribution in [2.45, 2.75) is 26.4 Å². The summed E-state index contributed by atoms with van der Waals surface area (Å²) in [5, 5.41) is 4.85. The van der Waals surface area contributed by atoms with Gasteiger partial charge in [-0.3, -0.25) is 0 Å². The molecular formula is C19H22N2. The Morgan fingerprint density at radius 1 is 0.952 bits per heavy atom. The first-order chi connectivity index (χ1) is 10.4. The predicted molar refractivity (Wildman–Crippen MR) is 89.5 cm³/mol. The molecule has 0 radical (unpaired) electrons. The monoisotopic (exact) mass is 278 g/mol. The van der Waals surface area contributed by atoms with Crippen molar-refractivity contribution in [2.24, 2.45) is 0 Å². The number of fused-ring (bicyclic) bond motifs is 1. The van der Waals surface area contributed by atoms with Crippen LogP contribution in [0.4, 0.5) is 0 Å². The van der Waals surface area contributed by atoms with E-state index < -0.39 is 0 Å². The Morgan fingerprint density at radius 2 is 1.81 bits per heavy atom. The third-order valence-corrected chi connectivity index (χ3v) is 3.84. The molecule has 0 aliphatic rings. The Balaban J connectivity index is 1.86. The first-order valence-corrected chi connectivity index (χ1v) is 7.70. The summed E-state index contributed by atoms with van der Waals surface area (Å²) in [7, 11) is 0. The molecule has 0 aliphatic heterocycles. The third-order valence-electron chi connectivity index (χ3n) is 3.84. The molecule has 2 heteroatoms. The standard InChI is InChI=1S/C19H22N2/c1-2-12-20-14-17-9-6-10-19-18(17)11-13-21(19)15-16-7-4-3-5-8-16/h3-11,13,20H,2,12,14-15H2,1H3. The summed E-state index contributed by atoms with van der Waals surface area (Å²) in [5.41, 5.74) is 4.03. The van der Waals surface area contributed by atoms with Gasteiger partial charge in [-0.1, -0.05) is 49.4 Å². The number of benzene rings is 2. The van der Waals surface area contributed by atoms with Crippen LogP contribution < -0.4 is 5.32 Å². The van der Waals surface area contributed by atoms with Crippen LogP contribution in [0, 0.1) is 0 Å². The summed E-state index contributed by atoms with van der Waals surface area (Å²) in [6, 6.07) is 19.4. The summed E-state index contributed by atoms with van der Waals surface area (Å²) in [4.78, 5) is 0. The van der Waals surface area contributed by atoms with Gasteiger partial charge in [-0.05, 0) is 36.2 Å². The van der Waals surface area contributed by atoms with Gasteiger partial charge in [0.15, 0.2) is 0 Å². The van der Waals surface area contributed by atoms with E-state index in [2.05, 4.69) is 77.6 Å². The van der Waals surface area contributed by atoms with E-state index in [1.165, 1.54) is 28.5 Å². The number of aromatic nitrogens is 1. The van der Waals surface area contributed by atoms with Crippen LogP contribution in [0.2, 0.25) is 0 Å². The van der Waals surface area contributed by atoms with Crippen molar-refractivity contribution in [3.63, 3.8) is 0 Å². The van der Waals surface area contributed by atoms with Crippen LogP contribution in [0.1, 0.15) is 24.5 Å². The SMILES string of the molecule is CCCNCc1cccc2c1ccn2Cc1ccccc1. The second kappa shape index (κ2) is 6.59. The van der Waals surface area contributed by atoms with E-state index in [9.17, 15) is 0 Å². The van der Waals surface area contributed by atoms with Gasteiger partial charge in [0.1, 0.15) is 0 Å². The zero-order valence-corrected chi connectivity index (χ0v) is 12.5. The molecule has 108 valence electrons. The Bertz CT molecular complexity index is 698. The van der Waals surface area contributed by atoms with Gasteiger partial charge in [0.2, 0.25) is 0 Å². The van der Waals surface area contributed by atoms with Crippen molar-refractivity contribution in [1.82, 2.24) is 9.88 Å². The van der Waals surface area contributed by atoms with E-state index >= 15 is 0 Å². The van der Waals surface area contributed by atoms with E-state index in [4.69, 9.17) is 0 Å². The van der Waals surface area contributed by atoms with Gasteiger partial charge in [0.05, 0.1) is 0 Å². The fourth-order valence-corrected chi connectivity index (χ4v) is 2.76. The molecule has 0 saturated heterocycles. The second-order valence-electron chi connectivity index (χ2n) is 5.46. The summed E-state index contributed by atoms with van der Waals surface area (Å²) in [6.45, 7) is 5.14. The molecule has 1 aromatic heterocycles. The maximum atomic E-state index is 3.49. The molecule has 2 nitrogen and oxygen atoms in total. The predicted octanol–water partition coefficient (Wildman–Crippen LogP) is 4.19. The zero-order chi connectivity index (χ0) is 14.5. The summed E-state index contributed by atoms with van der Waals surface area (Å²) in [6.07, 6.45) is 3.37. The fourth-order valence-electron chi connectivity index (χ4n) is 2.76. The lowest BCUT2D eigenvalue weighted by Crippen LogP contribution is -2.13. The van der Waals surface area contributed by atoms with E-state index in [1.807, 2.05) is 0 Å². The van der Waals surface area contributed by atoms with Crippen molar-refractivity contribution in [3.8, 4) is 0 Å². The van der Waals surface area contributed by atoms with E-state index in [-0.39, 0.29) is 0 Å². The molecule has 3 rings (SSSR count). The zero-order valence-electron chi connectivity index (χ0n) is 12.5. The Kier molecular flexibility index (Phi) is 4.37. The van der Waals surface area contributed by atoms with E-state index in [0.29, 0.717) is 0 Å². The van der Waals surface area contributed by atoms with Gasteiger partial charge in [0.25, 0.3) is 0 Å². The van der Waals surface area contributed by atoms with Crippen molar-refractivity contribution in [1.29, 1.82) is 0 Å². The Morgan fingerprint density at radius 3 is 2.62 bits per heavy atom. The quantitative estimate of drug-likeness (QED) is 0.669. The van der Waals surface area contributed by atoms with Crippen LogP contribution in [0.15, 0.2) is 60.8 Å².